The summed E-state index contributed by atoms with van der Waals surface area (Å²) in [7, 11) is 6.38. The molecule has 80 valence electrons. The Morgan fingerprint density at radius 1 is 0.692 bits per heavy atom. The molecule has 0 rings (SSSR count). The van der Waals surface area contributed by atoms with E-state index >= 15 is 0 Å². The van der Waals surface area contributed by atoms with Gasteiger partial charge in [-0.05, 0) is 0 Å². The first-order chi connectivity index (χ1) is 6.04. The molecule has 0 aliphatic heterocycles. The molecule has 0 saturated heterocycles. The van der Waals surface area contributed by atoms with Crippen LogP contribution >= 0.6 is 0 Å². The lowest BCUT2D eigenvalue weighted by molar-refractivity contribution is -0.258. The predicted molar refractivity (Wildman–Crippen MR) is 49.4 cm³/mol. The zero-order valence-electron chi connectivity index (χ0n) is 9.29. The van der Waals surface area contributed by atoms with Crippen LogP contribution in [0.5, 0.6) is 0 Å². The van der Waals surface area contributed by atoms with Gasteiger partial charge in [-0.3, -0.25) is 0 Å². The van der Waals surface area contributed by atoms with Gasteiger partial charge in [0, 0.05) is 28.4 Å². The molecule has 13 heavy (non-hydrogen) atoms. The van der Waals surface area contributed by atoms with Crippen molar-refractivity contribution in [3.8, 4) is 0 Å². The van der Waals surface area contributed by atoms with Gasteiger partial charge in [-0.1, -0.05) is 13.8 Å². The van der Waals surface area contributed by atoms with Crippen molar-refractivity contribution in [3.63, 3.8) is 0 Å². The molecule has 0 N–H and O–H groups in total. The van der Waals surface area contributed by atoms with Crippen LogP contribution in [0.3, 0.4) is 0 Å². The number of methoxy groups -OCH3 is 4. The first-order valence-corrected chi connectivity index (χ1v) is 4.15. The summed E-state index contributed by atoms with van der Waals surface area (Å²) in [5.41, 5.74) is -0.354. The quantitative estimate of drug-likeness (QED) is 0.593. The third-order valence-corrected chi connectivity index (χ3v) is 2.07. The van der Waals surface area contributed by atoms with E-state index in [1.165, 1.54) is 0 Å². The summed E-state index contributed by atoms with van der Waals surface area (Å²) in [6.07, 6.45) is -0.699. The molecule has 0 aliphatic carbocycles. The lowest BCUT2D eigenvalue weighted by atomic mass is 9.91. The normalized spacial score (nSPS) is 12.9. The highest BCUT2D eigenvalue weighted by Crippen LogP contribution is 2.30. The molecule has 0 heterocycles. The van der Waals surface area contributed by atoms with Crippen LogP contribution < -0.4 is 0 Å². The molecule has 0 unspecified atom stereocenters. The fourth-order valence-corrected chi connectivity index (χ4v) is 1.52. The van der Waals surface area contributed by atoms with Crippen LogP contribution in [-0.4, -0.2) is 41.0 Å². The van der Waals surface area contributed by atoms with Crippen molar-refractivity contribution >= 4 is 0 Å². The van der Waals surface area contributed by atoms with Gasteiger partial charge in [0.2, 0.25) is 0 Å². The Morgan fingerprint density at radius 3 is 1.08 bits per heavy atom. The minimum absolute atomic E-state index is 0.350. The van der Waals surface area contributed by atoms with Gasteiger partial charge in [-0.15, -0.1) is 0 Å². The van der Waals surface area contributed by atoms with E-state index in [-0.39, 0.29) is 18.0 Å². The zero-order chi connectivity index (χ0) is 10.5. The second-order valence-corrected chi connectivity index (χ2v) is 3.43. The van der Waals surface area contributed by atoms with Crippen LogP contribution in [0.25, 0.3) is 0 Å². The monoisotopic (exact) mass is 192 g/mol. The minimum atomic E-state index is -0.354. The molecule has 0 amide bonds. The van der Waals surface area contributed by atoms with Gasteiger partial charge in [0.05, 0.1) is 5.41 Å². The topological polar surface area (TPSA) is 36.9 Å². The van der Waals surface area contributed by atoms with E-state index in [1.807, 2.05) is 13.8 Å². The van der Waals surface area contributed by atoms with Crippen LogP contribution in [0.4, 0.5) is 0 Å². The van der Waals surface area contributed by atoms with E-state index in [1.54, 1.807) is 28.4 Å². The average Bonchev–Trinajstić information content (AvgIpc) is 2.07. The van der Waals surface area contributed by atoms with Crippen molar-refractivity contribution in [2.75, 3.05) is 28.4 Å². The maximum atomic E-state index is 5.17. The fourth-order valence-electron chi connectivity index (χ4n) is 1.52. The Bertz CT molecular complexity index is 114. The molecule has 0 bridgehead atoms. The largest absolute Gasteiger partial charge is 0.355 e. The van der Waals surface area contributed by atoms with E-state index in [4.69, 9.17) is 18.9 Å². The van der Waals surface area contributed by atoms with Gasteiger partial charge in [0.1, 0.15) is 0 Å². The number of rotatable bonds is 6. The maximum Gasteiger partial charge on any atom is 0.166 e. The van der Waals surface area contributed by atoms with Gasteiger partial charge >= 0.3 is 0 Å². The van der Waals surface area contributed by atoms with Crippen LogP contribution in [0.2, 0.25) is 0 Å². The summed E-state index contributed by atoms with van der Waals surface area (Å²) in [5, 5.41) is 0. The molecule has 0 fully saturated rings. The molecule has 0 aromatic rings. The van der Waals surface area contributed by atoms with Crippen molar-refractivity contribution in [3.05, 3.63) is 0 Å². The molecule has 0 atom stereocenters. The van der Waals surface area contributed by atoms with E-state index in [0.717, 1.165) is 0 Å². The lowest BCUT2D eigenvalue weighted by Crippen LogP contribution is -2.44. The highest BCUT2D eigenvalue weighted by molar-refractivity contribution is 4.76. The molecule has 0 saturated carbocycles. The van der Waals surface area contributed by atoms with Crippen LogP contribution in [0.1, 0.15) is 13.8 Å². The Labute approximate surface area is 80.1 Å². The van der Waals surface area contributed by atoms with Crippen LogP contribution in [0, 0.1) is 5.41 Å². The van der Waals surface area contributed by atoms with Crippen LogP contribution in [0.15, 0.2) is 0 Å². The molecule has 0 spiro atoms. The van der Waals surface area contributed by atoms with Gasteiger partial charge in [-0.25, -0.2) is 0 Å². The number of hydrogen-bond acceptors (Lipinski definition) is 4. The number of ether oxygens (including phenoxy) is 4. The lowest BCUT2D eigenvalue weighted by Gasteiger charge is -2.36. The highest BCUT2D eigenvalue weighted by atomic mass is 16.7. The summed E-state index contributed by atoms with van der Waals surface area (Å²) >= 11 is 0. The van der Waals surface area contributed by atoms with Gasteiger partial charge in [0.15, 0.2) is 12.6 Å². The Kier molecular flexibility index (Phi) is 5.48. The molecule has 0 radical (unpaired) electrons. The second-order valence-electron chi connectivity index (χ2n) is 3.43. The van der Waals surface area contributed by atoms with Gasteiger partial charge in [0.25, 0.3) is 0 Å². The first kappa shape index (κ1) is 12.8. The molecule has 0 aromatic heterocycles. The molecule has 0 aliphatic rings. The maximum absolute atomic E-state index is 5.17. The van der Waals surface area contributed by atoms with E-state index in [9.17, 15) is 0 Å². The molecule has 0 aromatic carbocycles. The van der Waals surface area contributed by atoms with Gasteiger partial charge in [-0.2, -0.15) is 0 Å². The molecular weight excluding hydrogens is 172 g/mol. The standard InChI is InChI=1S/C9H20O4/c1-9(2,7(10-3)11-4)8(12-5)13-6/h7-8H,1-6H3. The van der Waals surface area contributed by atoms with Crippen molar-refractivity contribution in [1.82, 2.24) is 0 Å². The SMILES string of the molecule is COC(OC)C(C)(C)C(OC)OC. The van der Waals surface area contributed by atoms with Crippen molar-refractivity contribution in [2.24, 2.45) is 5.41 Å². The smallest absolute Gasteiger partial charge is 0.166 e. The van der Waals surface area contributed by atoms with Crippen molar-refractivity contribution in [1.29, 1.82) is 0 Å². The Hall–Kier alpha value is -0.160. The summed E-state index contributed by atoms with van der Waals surface area (Å²) in [6, 6.07) is 0. The summed E-state index contributed by atoms with van der Waals surface area (Å²) in [5.74, 6) is 0. The Balaban J connectivity index is 4.48. The van der Waals surface area contributed by atoms with E-state index in [0.29, 0.717) is 0 Å². The van der Waals surface area contributed by atoms with Crippen LogP contribution in [-0.2, 0) is 18.9 Å². The van der Waals surface area contributed by atoms with Gasteiger partial charge < -0.3 is 18.9 Å². The fraction of sp³-hybridized carbons (Fsp3) is 1.00. The number of hydrogen-bond donors (Lipinski definition) is 0. The summed E-state index contributed by atoms with van der Waals surface area (Å²) in [4.78, 5) is 0. The van der Waals surface area contributed by atoms with E-state index in [2.05, 4.69) is 0 Å². The minimum Gasteiger partial charge on any atom is -0.355 e. The average molecular weight is 192 g/mol. The Morgan fingerprint density at radius 2 is 0.923 bits per heavy atom. The second kappa shape index (κ2) is 5.54. The molecule has 4 nitrogen and oxygen atoms in total. The van der Waals surface area contributed by atoms with Crippen molar-refractivity contribution < 1.29 is 18.9 Å². The zero-order valence-corrected chi connectivity index (χ0v) is 9.29. The molecule has 4 heteroatoms. The predicted octanol–water partition coefficient (Wildman–Crippen LogP) is 1.25. The molecular formula is C9H20O4. The van der Waals surface area contributed by atoms with Crippen molar-refractivity contribution in [2.45, 2.75) is 26.4 Å². The van der Waals surface area contributed by atoms with E-state index < -0.39 is 0 Å². The summed E-state index contributed by atoms with van der Waals surface area (Å²) < 4.78 is 20.7. The summed E-state index contributed by atoms with van der Waals surface area (Å²) in [6.45, 7) is 3.92. The highest BCUT2D eigenvalue weighted by Gasteiger charge is 2.38. The third-order valence-electron chi connectivity index (χ3n) is 2.07. The third kappa shape index (κ3) is 2.91. The first-order valence-electron chi connectivity index (χ1n) is 4.15.